The monoisotopic (exact) mass is 173 g/mol. The van der Waals surface area contributed by atoms with Crippen LogP contribution in [-0.4, -0.2) is 6.54 Å². The molecule has 0 atom stereocenters. The molecule has 0 spiro atoms. The van der Waals surface area contributed by atoms with Crippen LogP contribution in [0.5, 0.6) is 0 Å². The molecule has 0 unspecified atom stereocenters. The Kier molecular flexibility index (Phi) is 2.35. The third-order valence-corrected chi connectivity index (χ3v) is 1.78. The Hall–Kier alpha value is -0.760. The average molecular weight is 174 g/mol. The molecule has 0 amide bonds. The van der Waals surface area contributed by atoms with Crippen molar-refractivity contribution < 1.29 is 4.39 Å². The van der Waals surface area contributed by atoms with Gasteiger partial charge in [0.2, 0.25) is 0 Å². The predicted octanol–water partition coefficient (Wildman–Crippen LogP) is 2.22. The summed E-state index contributed by atoms with van der Waals surface area (Å²) in [5.74, 6) is -0.137. The van der Waals surface area contributed by atoms with E-state index in [-0.39, 0.29) is 18.2 Å². The molecule has 1 aromatic rings. The van der Waals surface area contributed by atoms with Gasteiger partial charge < -0.3 is 5.32 Å². The molecular weight excluding hydrogens is 165 g/mol. The van der Waals surface area contributed by atoms with E-state index >= 15 is 0 Å². The van der Waals surface area contributed by atoms with Gasteiger partial charge in [-0.1, -0.05) is 0 Å². The van der Waals surface area contributed by atoms with E-state index in [2.05, 4.69) is 5.32 Å². The van der Waals surface area contributed by atoms with Crippen LogP contribution in [0.25, 0.3) is 0 Å². The summed E-state index contributed by atoms with van der Waals surface area (Å²) in [5, 5.41) is 3.16. The van der Waals surface area contributed by atoms with Crippen molar-refractivity contribution >= 4 is 18.1 Å². The Morgan fingerprint density at radius 1 is 1.36 bits per heavy atom. The third-order valence-electron chi connectivity index (χ3n) is 1.78. The molecule has 11 heavy (non-hydrogen) atoms. The summed E-state index contributed by atoms with van der Waals surface area (Å²) in [6.45, 7) is 0.943. The number of hydrogen-bond donors (Lipinski definition) is 1. The number of rotatable bonds is 0. The lowest BCUT2D eigenvalue weighted by Gasteiger charge is -1.96. The first kappa shape index (κ1) is 8.34. The Labute approximate surface area is 71.0 Å². The topological polar surface area (TPSA) is 12.0 Å². The van der Waals surface area contributed by atoms with Crippen LogP contribution in [0.1, 0.15) is 5.56 Å². The summed E-state index contributed by atoms with van der Waals surface area (Å²) in [6, 6.07) is 4.87. The van der Waals surface area contributed by atoms with E-state index in [0.29, 0.717) is 0 Å². The lowest BCUT2D eigenvalue weighted by Crippen LogP contribution is -1.90. The van der Waals surface area contributed by atoms with Crippen molar-refractivity contribution in [3.8, 4) is 0 Å². The second-order valence-electron chi connectivity index (χ2n) is 2.48. The number of anilines is 1. The van der Waals surface area contributed by atoms with Gasteiger partial charge >= 0.3 is 0 Å². The SMILES string of the molecule is Cl.Fc1ccc2c(c1)CCN2. The van der Waals surface area contributed by atoms with Crippen molar-refractivity contribution in [2.45, 2.75) is 6.42 Å². The van der Waals surface area contributed by atoms with Crippen LogP contribution >= 0.6 is 12.4 Å². The molecule has 0 saturated heterocycles. The quantitative estimate of drug-likeness (QED) is 0.635. The van der Waals surface area contributed by atoms with E-state index in [4.69, 9.17) is 0 Å². The molecule has 1 aliphatic heterocycles. The molecule has 0 saturated carbocycles. The molecule has 0 bridgehead atoms. The molecule has 1 nitrogen and oxygen atoms in total. The highest BCUT2D eigenvalue weighted by molar-refractivity contribution is 5.85. The van der Waals surface area contributed by atoms with E-state index < -0.39 is 0 Å². The predicted molar refractivity (Wildman–Crippen MR) is 45.8 cm³/mol. The van der Waals surface area contributed by atoms with Crippen molar-refractivity contribution in [1.82, 2.24) is 0 Å². The molecule has 1 aliphatic rings. The van der Waals surface area contributed by atoms with Crippen molar-refractivity contribution in [2.75, 3.05) is 11.9 Å². The van der Waals surface area contributed by atoms with Gasteiger partial charge in [-0.3, -0.25) is 0 Å². The van der Waals surface area contributed by atoms with Gasteiger partial charge in [0, 0.05) is 12.2 Å². The summed E-state index contributed by atoms with van der Waals surface area (Å²) in [6.07, 6.45) is 0.951. The highest BCUT2D eigenvalue weighted by Gasteiger charge is 2.08. The maximum absolute atomic E-state index is 12.5. The number of fused-ring (bicyclic) bond motifs is 1. The molecule has 0 aromatic heterocycles. The van der Waals surface area contributed by atoms with Crippen LogP contribution in [0.3, 0.4) is 0 Å². The Morgan fingerprint density at radius 3 is 3.00 bits per heavy atom. The molecule has 1 aromatic carbocycles. The van der Waals surface area contributed by atoms with Gasteiger partial charge in [-0.2, -0.15) is 0 Å². The van der Waals surface area contributed by atoms with E-state index in [1.54, 1.807) is 12.1 Å². The second-order valence-corrected chi connectivity index (χ2v) is 2.48. The fourth-order valence-corrected chi connectivity index (χ4v) is 1.27. The highest BCUT2D eigenvalue weighted by atomic mass is 35.5. The van der Waals surface area contributed by atoms with Crippen LogP contribution in [0.2, 0.25) is 0 Å². The summed E-state index contributed by atoms with van der Waals surface area (Å²) < 4.78 is 12.5. The maximum Gasteiger partial charge on any atom is 0.123 e. The minimum atomic E-state index is -0.137. The van der Waals surface area contributed by atoms with Crippen LogP contribution in [0.4, 0.5) is 10.1 Å². The van der Waals surface area contributed by atoms with Gasteiger partial charge in [-0.05, 0) is 30.2 Å². The van der Waals surface area contributed by atoms with Crippen LogP contribution in [0, 0.1) is 5.82 Å². The second kappa shape index (κ2) is 3.09. The minimum Gasteiger partial charge on any atom is -0.384 e. The van der Waals surface area contributed by atoms with E-state index in [1.807, 2.05) is 0 Å². The summed E-state index contributed by atoms with van der Waals surface area (Å²) in [4.78, 5) is 0. The van der Waals surface area contributed by atoms with Crippen molar-refractivity contribution in [3.63, 3.8) is 0 Å². The smallest absolute Gasteiger partial charge is 0.123 e. The van der Waals surface area contributed by atoms with Crippen molar-refractivity contribution in [3.05, 3.63) is 29.6 Å². The summed E-state index contributed by atoms with van der Waals surface area (Å²) >= 11 is 0. The number of halogens is 2. The zero-order valence-electron chi connectivity index (χ0n) is 5.93. The molecule has 1 heterocycles. The van der Waals surface area contributed by atoms with E-state index in [9.17, 15) is 4.39 Å². The largest absolute Gasteiger partial charge is 0.384 e. The summed E-state index contributed by atoms with van der Waals surface area (Å²) in [5.41, 5.74) is 2.18. The van der Waals surface area contributed by atoms with Gasteiger partial charge in [0.15, 0.2) is 0 Å². The third kappa shape index (κ3) is 1.46. The van der Waals surface area contributed by atoms with Gasteiger partial charge in [-0.15, -0.1) is 12.4 Å². The lowest BCUT2D eigenvalue weighted by molar-refractivity contribution is 0.626. The zero-order chi connectivity index (χ0) is 6.97. The van der Waals surface area contributed by atoms with Gasteiger partial charge in [-0.25, -0.2) is 4.39 Å². The van der Waals surface area contributed by atoms with Crippen LogP contribution < -0.4 is 5.32 Å². The van der Waals surface area contributed by atoms with Gasteiger partial charge in [0.05, 0.1) is 0 Å². The normalized spacial score (nSPS) is 13.2. The maximum atomic E-state index is 12.5. The highest BCUT2D eigenvalue weighted by Crippen LogP contribution is 2.21. The van der Waals surface area contributed by atoms with Crippen molar-refractivity contribution in [2.24, 2.45) is 0 Å². The number of nitrogens with one attached hydrogen (secondary N) is 1. The summed E-state index contributed by atoms with van der Waals surface area (Å²) in [7, 11) is 0. The molecule has 0 radical (unpaired) electrons. The average Bonchev–Trinajstić information content (AvgIpc) is 2.33. The molecule has 0 fully saturated rings. The first-order chi connectivity index (χ1) is 4.86. The fourth-order valence-electron chi connectivity index (χ4n) is 1.27. The Bertz CT molecular complexity index is 262. The Balaban J connectivity index is 0.000000605. The number of benzene rings is 1. The number of hydrogen-bond acceptors (Lipinski definition) is 1. The molecule has 0 aliphatic carbocycles. The standard InChI is InChI=1S/C8H8FN.ClH/c9-7-1-2-8-6(5-7)3-4-10-8;/h1-2,5,10H,3-4H2;1H. The van der Waals surface area contributed by atoms with Gasteiger partial charge in [0.25, 0.3) is 0 Å². The molecule has 3 heteroatoms. The van der Waals surface area contributed by atoms with Crippen LogP contribution in [0.15, 0.2) is 18.2 Å². The zero-order valence-corrected chi connectivity index (χ0v) is 6.75. The molecule has 1 N–H and O–H groups in total. The van der Waals surface area contributed by atoms with Gasteiger partial charge in [0.1, 0.15) is 5.82 Å². The van der Waals surface area contributed by atoms with E-state index in [0.717, 1.165) is 24.2 Å². The van der Waals surface area contributed by atoms with Crippen molar-refractivity contribution in [1.29, 1.82) is 0 Å². The van der Waals surface area contributed by atoms with Crippen LogP contribution in [-0.2, 0) is 6.42 Å². The molecule has 60 valence electrons. The molecule has 2 rings (SSSR count). The Morgan fingerprint density at radius 2 is 2.18 bits per heavy atom. The fraction of sp³-hybridized carbons (Fsp3) is 0.250. The molecular formula is C8H9ClFN. The first-order valence-corrected chi connectivity index (χ1v) is 3.38. The first-order valence-electron chi connectivity index (χ1n) is 3.38. The minimum absolute atomic E-state index is 0. The van der Waals surface area contributed by atoms with E-state index in [1.165, 1.54) is 6.07 Å². The lowest BCUT2D eigenvalue weighted by atomic mass is 10.2.